The summed E-state index contributed by atoms with van der Waals surface area (Å²) >= 11 is 8.98. The molecule has 0 fully saturated rings. The van der Waals surface area contributed by atoms with Crippen molar-refractivity contribution >= 4 is 36.8 Å². The summed E-state index contributed by atoms with van der Waals surface area (Å²) in [6.45, 7) is 0. The molecule has 1 rings (SSSR count). The number of rotatable bonds is 0. The second-order valence-corrected chi connectivity index (χ2v) is 2.75. The van der Waals surface area contributed by atoms with E-state index in [0.29, 0.717) is 9.50 Å². The molecule has 0 N–H and O–H groups in total. The van der Waals surface area contributed by atoms with E-state index in [-0.39, 0.29) is 0 Å². The summed E-state index contributed by atoms with van der Waals surface area (Å²) in [5.74, 6) is 0. The third kappa shape index (κ3) is 1.32. The minimum atomic E-state index is 0.495. The fraction of sp³-hybridized carbons (Fsp3) is 0. The average Bonchev–Trinajstić information content (AvgIpc) is 1.87. The second-order valence-electron chi connectivity index (χ2n) is 0.877. The van der Waals surface area contributed by atoms with Crippen LogP contribution < -0.4 is 0 Å². The van der Waals surface area contributed by atoms with Crippen molar-refractivity contribution in [2.75, 3.05) is 0 Å². The highest BCUT2D eigenvalue weighted by atomic mass is 32.2. The van der Waals surface area contributed by atoms with E-state index < -0.39 is 0 Å². The van der Waals surface area contributed by atoms with Gasteiger partial charge in [0.25, 0.3) is 0 Å². The van der Waals surface area contributed by atoms with Crippen LogP contribution in [-0.2, 0) is 0 Å². The number of hydrogen-bond acceptors (Lipinski definition) is 5. The molecule has 0 amide bonds. The molecule has 0 radical (unpaired) electrons. The van der Waals surface area contributed by atoms with E-state index >= 15 is 0 Å². The van der Waals surface area contributed by atoms with E-state index in [9.17, 15) is 0 Å². The third-order valence-corrected chi connectivity index (χ3v) is 1.60. The van der Waals surface area contributed by atoms with Crippen molar-refractivity contribution in [3.8, 4) is 0 Å². The largest absolute Gasteiger partial charge is 0.203 e. The lowest BCUT2D eigenvalue weighted by Gasteiger charge is -1.66. The summed E-state index contributed by atoms with van der Waals surface area (Å²) in [5.41, 5.74) is 0. The van der Waals surface area contributed by atoms with E-state index in [4.69, 9.17) is 0 Å². The van der Waals surface area contributed by atoms with Crippen LogP contribution in [0, 0.1) is 0 Å². The standard InChI is InChI=1S/C2H2N2S3/c5-1-3-2(6)7-4-1/h(H2,3,4,5,6). The number of hydrogen-bond donors (Lipinski definition) is 2. The molecule has 0 saturated heterocycles. The van der Waals surface area contributed by atoms with Crippen molar-refractivity contribution < 1.29 is 0 Å². The molecular weight excluding hydrogens is 148 g/mol. The van der Waals surface area contributed by atoms with Gasteiger partial charge in [-0.2, -0.15) is 4.37 Å². The summed E-state index contributed by atoms with van der Waals surface area (Å²) < 4.78 is 4.39. The maximum Gasteiger partial charge on any atom is 0.198 e. The molecule has 0 aliphatic rings. The lowest BCUT2D eigenvalue weighted by atomic mass is 11.3. The SMILES string of the molecule is Sc1nsc(S)n1. The Morgan fingerprint density at radius 1 is 1.43 bits per heavy atom. The molecule has 38 valence electrons. The lowest BCUT2D eigenvalue weighted by molar-refractivity contribution is 1.03. The van der Waals surface area contributed by atoms with Crippen molar-refractivity contribution in [3.05, 3.63) is 0 Å². The first-order valence-corrected chi connectivity index (χ1v) is 3.17. The Morgan fingerprint density at radius 3 is 2.29 bits per heavy atom. The monoisotopic (exact) mass is 150 g/mol. The molecule has 1 aromatic rings. The van der Waals surface area contributed by atoms with E-state index in [2.05, 4.69) is 34.6 Å². The Balaban J connectivity index is 3.04. The summed E-state index contributed by atoms with van der Waals surface area (Å²) in [4.78, 5) is 3.75. The molecule has 1 aromatic heterocycles. The highest BCUT2D eigenvalue weighted by molar-refractivity contribution is 7.83. The summed E-state index contributed by atoms with van der Waals surface area (Å²) in [5, 5.41) is 0.495. The van der Waals surface area contributed by atoms with Crippen LogP contribution in [0.4, 0.5) is 0 Å². The van der Waals surface area contributed by atoms with Crippen molar-refractivity contribution in [2.45, 2.75) is 9.50 Å². The van der Waals surface area contributed by atoms with Crippen molar-refractivity contribution in [2.24, 2.45) is 0 Å². The molecular formula is C2H2N2S3. The molecule has 1 heterocycles. The Hall–Kier alpha value is 0.260. The predicted molar refractivity (Wildman–Crippen MR) is 34.4 cm³/mol. The van der Waals surface area contributed by atoms with E-state index in [1.54, 1.807) is 0 Å². The quantitative estimate of drug-likeness (QED) is 0.542. The van der Waals surface area contributed by atoms with Gasteiger partial charge in [-0.25, -0.2) is 4.98 Å². The molecule has 0 saturated carbocycles. The zero-order chi connectivity index (χ0) is 5.28. The van der Waals surface area contributed by atoms with Crippen molar-refractivity contribution in [1.82, 2.24) is 9.36 Å². The highest BCUT2D eigenvalue weighted by Gasteiger charge is 1.90. The Kier molecular flexibility index (Phi) is 1.56. The van der Waals surface area contributed by atoms with Gasteiger partial charge < -0.3 is 0 Å². The molecule has 0 aliphatic heterocycles. The first kappa shape index (κ1) is 5.40. The molecule has 0 spiro atoms. The van der Waals surface area contributed by atoms with Crippen LogP contribution in [0.2, 0.25) is 0 Å². The molecule has 0 aromatic carbocycles. The van der Waals surface area contributed by atoms with E-state index in [1.165, 1.54) is 11.5 Å². The van der Waals surface area contributed by atoms with Crippen molar-refractivity contribution in [1.29, 1.82) is 0 Å². The molecule has 0 atom stereocenters. The maximum atomic E-state index is 3.90. The maximum absolute atomic E-state index is 3.90. The summed E-state index contributed by atoms with van der Waals surface area (Å²) in [7, 11) is 0. The van der Waals surface area contributed by atoms with Gasteiger partial charge in [-0.15, -0.1) is 25.3 Å². The predicted octanol–water partition coefficient (Wildman–Crippen LogP) is 1.12. The Bertz CT molecular complexity index is 143. The van der Waals surface area contributed by atoms with Crippen LogP contribution in [0.15, 0.2) is 9.50 Å². The van der Waals surface area contributed by atoms with Gasteiger partial charge in [-0.1, -0.05) is 0 Å². The summed E-state index contributed by atoms with van der Waals surface area (Å²) in [6.07, 6.45) is 0. The topological polar surface area (TPSA) is 25.8 Å². The molecule has 0 bridgehead atoms. The average molecular weight is 150 g/mol. The van der Waals surface area contributed by atoms with Gasteiger partial charge in [0.1, 0.15) is 0 Å². The van der Waals surface area contributed by atoms with Gasteiger partial charge in [-0.3, -0.25) is 0 Å². The van der Waals surface area contributed by atoms with E-state index in [1.807, 2.05) is 0 Å². The van der Waals surface area contributed by atoms with Gasteiger partial charge in [0.15, 0.2) is 9.50 Å². The van der Waals surface area contributed by atoms with E-state index in [0.717, 1.165) is 0 Å². The van der Waals surface area contributed by atoms with Crippen LogP contribution in [0.3, 0.4) is 0 Å². The van der Waals surface area contributed by atoms with Gasteiger partial charge >= 0.3 is 0 Å². The molecule has 2 nitrogen and oxygen atoms in total. The smallest absolute Gasteiger partial charge is 0.198 e. The van der Waals surface area contributed by atoms with Crippen molar-refractivity contribution in [3.63, 3.8) is 0 Å². The van der Waals surface area contributed by atoms with Crippen LogP contribution >= 0.6 is 36.8 Å². The van der Waals surface area contributed by atoms with Gasteiger partial charge in [0.05, 0.1) is 0 Å². The fourth-order valence-corrected chi connectivity index (χ4v) is 1.13. The van der Waals surface area contributed by atoms with Crippen LogP contribution in [0.5, 0.6) is 0 Å². The highest BCUT2D eigenvalue weighted by Crippen LogP contribution is 2.09. The zero-order valence-corrected chi connectivity index (χ0v) is 5.80. The fourth-order valence-electron chi connectivity index (χ4n) is 0.208. The normalized spacial score (nSPS) is 9.43. The second kappa shape index (κ2) is 2.02. The van der Waals surface area contributed by atoms with Crippen LogP contribution in [0.25, 0.3) is 0 Å². The third-order valence-electron chi connectivity index (χ3n) is 0.405. The summed E-state index contributed by atoms with van der Waals surface area (Å²) in [6, 6.07) is 0. The number of thiol groups is 2. The van der Waals surface area contributed by atoms with Gasteiger partial charge in [0, 0.05) is 0 Å². The first-order valence-electron chi connectivity index (χ1n) is 1.50. The van der Waals surface area contributed by atoms with Crippen LogP contribution in [-0.4, -0.2) is 9.36 Å². The zero-order valence-electron chi connectivity index (χ0n) is 3.20. The molecule has 5 heteroatoms. The molecule has 0 aliphatic carbocycles. The number of nitrogens with zero attached hydrogens (tertiary/aromatic N) is 2. The Labute approximate surface area is 56.0 Å². The molecule has 0 unspecified atom stereocenters. The number of aromatic nitrogens is 2. The van der Waals surface area contributed by atoms with Gasteiger partial charge in [-0.05, 0) is 11.5 Å². The lowest BCUT2D eigenvalue weighted by Crippen LogP contribution is -1.61. The van der Waals surface area contributed by atoms with Gasteiger partial charge in [0.2, 0.25) is 0 Å². The minimum absolute atomic E-state index is 0.495. The minimum Gasteiger partial charge on any atom is -0.203 e. The van der Waals surface area contributed by atoms with Crippen LogP contribution in [0.1, 0.15) is 0 Å². The molecule has 7 heavy (non-hydrogen) atoms. The first-order chi connectivity index (χ1) is 3.29. The Morgan fingerprint density at radius 2 is 2.14 bits per heavy atom.